The highest BCUT2D eigenvalue weighted by molar-refractivity contribution is 5.91. The van der Waals surface area contributed by atoms with Crippen molar-refractivity contribution in [3.8, 4) is 0 Å². The first-order chi connectivity index (χ1) is 9.84. The second-order valence-electron chi connectivity index (χ2n) is 4.38. The Hall–Kier alpha value is -2.28. The summed E-state index contributed by atoms with van der Waals surface area (Å²) >= 11 is 0. The summed E-state index contributed by atoms with van der Waals surface area (Å²) in [7, 11) is 0. The van der Waals surface area contributed by atoms with E-state index in [0.717, 1.165) is 12.1 Å². The summed E-state index contributed by atoms with van der Waals surface area (Å²) in [5.41, 5.74) is -3.52. The predicted octanol–water partition coefficient (Wildman–Crippen LogP) is 2.46. The molecule has 0 saturated heterocycles. The number of hydrogen-bond donors (Lipinski definition) is 2. The number of benzene rings is 1. The quantitative estimate of drug-likeness (QED) is 0.911. The number of alkyl halides is 3. The molecule has 2 rings (SSSR count). The number of furan rings is 1. The van der Waals surface area contributed by atoms with Gasteiger partial charge in [0.1, 0.15) is 0 Å². The van der Waals surface area contributed by atoms with Crippen LogP contribution >= 0.6 is 0 Å². The van der Waals surface area contributed by atoms with Gasteiger partial charge in [0.2, 0.25) is 5.60 Å². The van der Waals surface area contributed by atoms with Crippen molar-refractivity contribution < 1.29 is 27.5 Å². The van der Waals surface area contributed by atoms with Gasteiger partial charge in [-0.2, -0.15) is 13.2 Å². The van der Waals surface area contributed by atoms with Crippen LogP contribution in [0, 0.1) is 0 Å². The van der Waals surface area contributed by atoms with E-state index in [0.29, 0.717) is 0 Å². The molecule has 0 fully saturated rings. The summed E-state index contributed by atoms with van der Waals surface area (Å²) < 4.78 is 44.3. The van der Waals surface area contributed by atoms with Crippen molar-refractivity contribution in [3.63, 3.8) is 0 Å². The normalized spacial score (nSPS) is 14.5. The summed E-state index contributed by atoms with van der Waals surface area (Å²) in [4.78, 5) is 11.6. The minimum absolute atomic E-state index is 0.132. The van der Waals surface area contributed by atoms with Crippen LogP contribution < -0.4 is 5.32 Å². The molecule has 0 saturated carbocycles. The zero-order valence-electron chi connectivity index (χ0n) is 10.7. The first-order valence-corrected chi connectivity index (χ1v) is 6.01. The molecule has 1 amide bonds. The Morgan fingerprint density at radius 3 is 2.33 bits per heavy atom. The zero-order chi connectivity index (χ0) is 15.5. The van der Waals surface area contributed by atoms with Gasteiger partial charge in [0.05, 0.1) is 12.8 Å². The fourth-order valence-electron chi connectivity index (χ4n) is 1.78. The van der Waals surface area contributed by atoms with Crippen LogP contribution in [0.25, 0.3) is 0 Å². The summed E-state index contributed by atoms with van der Waals surface area (Å²) in [6.45, 7) is -1.01. The Bertz CT molecular complexity index is 596. The van der Waals surface area contributed by atoms with E-state index < -0.39 is 24.2 Å². The number of amides is 1. The summed E-state index contributed by atoms with van der Waals surface area (Å²) in [6.07, 6.45) is -3.72. The topological polar surface area (TPSA) is 62.5 Å². The molecular formula is C14H12F3NO3. The van der Waals surface area contributed by atoms with Gasteiger partial charge >= 0.3 is 6.18 Å². The van der Waals surface area contributed by atoms with E-state index in [-0.39, 0.29) is 11.3 Å². The van der Waals surface area contributed by atoms with E-state index in [1.807, 2.05) is 5.32 Å². The molecule has 2 N–H and O–H groups in total. The largest absolute Gasteiger partial charge is 0.459 e. The molecule has 0 aliphatic carbocycles. The third-order valence-electron chi connectivity index (χ3n) is 2.97. The molecule has 1 aromatic heterocycles. The molecule has 0 aliphatic rings. The van der Waals surface area contributed by atoms with Crippen molar-refractivity contribution in [1.82, 2.24) is 5.32 Å². The van der Waals surface area contributed by atoms with Gasteiger partial charge in [-0.3, -0.25) is 4.79 Å². The SMILES string of the molecule is O=C(NC[C@@](O)(c1ccccc1)C(F)(F)F)c1ccco1. The lowest BCUT2D eigenvalue weighted by atomic mass is 9.93. The van der Waals surface area contributed by atoms with Gasteiger partial charge in [0, 0.05) is 0 Å². The van der Waals surface area contributed by atoms with Crippen molar-refractivity contribution in [2.24, 2.45) is 0 Å². The van der Waals surface area contributed by atoms with Gasteiger partial charge in [0.15, 0.2) is 5.76 Å². The molecule has 1 heterocycles. The van der Waals surface area contributed by atoms with Crippen LogP contribution in [0.15, 0.2) is 53.1 Å². The highest BCUT2D eigenvalue weighted by Gasteiger charge is 2.55. The van der Waals surface area contributed by atoms with Gasteiger partial charge in [0.25, 0.3) is 5.91 Å². The average molecular weight is 299 g/mol. The molecule has 0 spiro atoms. The van der Waals surface area contributed by atoms with Crippen molar-refractivity contribution >= 4 is 5.91 Å². The number of aliphatic hydroxyl groups is 1. The lowest BCUT2D eigenvalue weighted by Crippen LogP contribution is -2.51. The van der Waals surface area contributed by atoms with Crippen LogP contribution in [0.1, 0.15) is 16.1 Å². The van der Waals surface area contributed by atoms with E-state index in [1.165, 1.54) is 36.6 Å². The molecular weight excluding hydrogens is 287 g/mol. The summed E-state index contributed by atoms with van der Waals surface area (Å²) in [6, 6.07) is 9.31. The molecule has 21 heavy (non-hydrogen) atoms. The monoisotopic (exact) mass is 299 g/mol. The van der Waals surface area contributed by atoms with E-state index in [9.17, 15) is 23.1 Å². The second-order valence-corrected chi connectivity index (χ2v) is 4.38. The molecule has 0 unspecified atom stereocenters. The Morgan fingerprint density at radius 2 is 1.81 bits per heavy atom. The van der Waals surface area contributed by atoms with Crippen molar-refractivity contribution in [3.05, 3.63) is 60.1 Å². The molecule has 2 aromatic rings. The van der Waals surface area contributed by atoms with Gasteiger partial charge in [-0.25, -0.2) is 0 Å². The van der Waals surface area contributed by atoms with Crippen LogP contribution in [-0.4, -0.2) is 23.7 Å². The van der Waals surface area contributed by atoms with Crippen molar-refractivity contribution in [1.29, 1.82) is 0 Å². The highest BCUT2D eigenvalue weighted by atomic mass is 19.4. The molecule has 7 heteroatoms. The maximum absolute atomic E-state index is 13.2. The number of nitrogens with one attached hydrogen (secondary N) is 1. The fraction of sp³-hybridized carbons (Fsp3) is 0.214. The standard InChI is InChI=1S/C14H12F3NO3/c15-14(16,17)13(20,10-5-2-1-3-6-10)9-18-12(19)11-7-4-8-21-11/h1-8,20H,9H2,(H,18,19)/t13-/m1/s1. The average Bonchev–Trinajstić information content (AvgIpc) is 2.98. The van der Waals surface area contributed by atoms with E-state index >= 15 is 0 Å². The third-order valence-corrected chi connectivity index (χ3v) is 2.97. The van der Waals surface area contributed by atoms with Crippen LogP contribution in [0.5, 0.6) is 0 Å². The van der Waals surface area contributed by atoms with E-state index in [2.05, 4.69) is 0 Å². The lowest BCUT2D eigenvalue weighted by Gasteiger charge is -2.31. The van der Waals surface area contributed by atoms with Gasteiger partial charge in [-0.1, -0.05) is 30.3 Å². The minimum Gasteiger partial charge on any atom is -0.459 e. The highest BCUT2D eigenvalue weighted by Crippen LogP contribution is 2.38. The number of hydrogen-bond acceptors (Lipinski definition) is 3. The Labute approximate surface area is 118 Å². The molecule has 0 bridgehead atoms. The number of halogens is 3. The first-order valence-electron chi connectivity index (χ1n) is 6.01. The summed E-state index contributed by atoms with van der Waals surface area (Å²) in [5, 5.41) is 12.0. The Morgan fingerprint density at radius 1 is 1.14 bits per heavy atom. The summed E-state index contributed by atoms with van der Waals surface area (Å²) in [5.74, 6) is -0.966. The lowest BCUT2D eigenvalue weighted by molar-refractivity contribution is -0.263. The van der Waals surface area contributed by atoms with Crippen LogP contribution in [-0.2, 0) is 5.60 Å². The molecule has 0 radical (unpaired) electrons. The predicted molar refractivity (Wildman–Crippen MR) is 67.4 cm³/mol. The fourth-order valence-corrected chi connectivity index (χ4v) is 1.78. The Balaban J connectivity index is 2.20. The van der Waals surface area contributed by atoms with Gasteiger partial charge in [-0.05, 0) is 17.7 Å². The molecule has 1 atom stereocenters. The molecule has 1 aromatic carbocycles. The van der Waals surface area contributed by atoms with Crippen LogP contribution in [0.4, 0.5) is 13.2 Å². The molecule has 4 nitrogen and oxygen atoms in total. The second kappa shape index (κ2) is 5.61. The maximum atomic E-state index is 13.2. The van der Waals surface area contributed by atoms with Crippen molar-refractivity contribution in [2.45, 2.75) is 11.8 Å². The van der Waals surface area contributed by atoms with E-state index in [1.54, 1.807) is 0 Å². The molecule has 0 aliphatic heterocycles. The molecule has 112 valence electrons. The number of carbonyl (C=O) groups excluding carboxylic acids is 1. The Kier molecular flexibility index (Phi) is 4.04. The zero-order valence-corrected chi connectivity index (χ0v) is 10.7. The van der Waals surface area contributed by atoms with Crippen molar-refractivity contribution in [2.75, 3.05) is 6.54 Å². The van der Waals surface area contributed by atoms with Crippen LogP contribution in [0.2, 0.25) is 0 Å². The smallest absolute Gasteiger partial charge is 0.423 e. The minimum atomic E-state index is -4.94. The van der Waals surface area contributed by atoms with Gasteiger partial charge < -0.3 is 14.8 Å². The van der Waals surface area contributed by atoms with Crippen LogP contribution in [0.3, 0.4) is 0 Å². The van der Waals surface area contributed by atoms with Gasteiger partial charge in [-0.15, -0.1) is 0 Å². The maximum Gasteiger partial charge on any atom is 0.423 e. The number of carbonyl (C=O) groups is 1. The van der Waals surface area contributed by atoms with E-state index in [4.69, 9.17) is 4.42 Å². The number of rotatable bonds is 4. The third kappa shape index (κ3) is 3.08. The first kappa shape index (κ1) is 15.1.